The van der Waals surface area contributed by atoms with Crippen LogP contribution in [-0.4, -0.2) is 26.7 Å². The van der Waals surface area contributed by atoms with E-state index in [1.807, 2.05) is 42.5 Å². The molecule has 0 bridgehead atoms. The van der Waals surface area contributed by atoms with E-state index in [1.165, 1.54) is 5.56 Å². The van der Waals surface area contributed by atoms with Gasteiger partial charge in [-0.15, -0.1) is 0 Å². The fraction of sp³-hybridized carbons (Fsp3) is 0.174. The SMILES string of the molecule is COc1ccc(C(=O)Nc2ccc(NCCc3ccccc3OC)cc2)cc1. The van der Waals surface area contributed by atoms with Gasteiger partial charge in [0.2, 0.25) is 0 Å². The highest BCUT2D eigenvalue weighted by atomic mass is 16.5. The number of anilines is 2. The van der Waals surface area contributed by atoms with Crippen LogP contribution in [-0.2, 0) is 6.42 Å². The van der Waals surface area contributed by atoms with Crippen molar-refractivity contribution in [2.45, 2.75) is 6.42 Å². The predicted molar refractivity (Wildman–Crippen MR) is 113 cm³/mol. The van der Waals surface area contributed by atoms with Gasteiger partial charge in [0.05, 0.1) is 14.2 Å². The van der Waals surface area contributed by atoms with Crippen molar-refractivity contribution < 1.29 is 14.3 Å². The molecule has 0 aliphatic carbocycles. The van der Waals surface area contributed by atoms with E-state index in [-0.39, 0.29) is 5.91 Å². The molecule has 0 fully saturated rings. The zero-order chi connectivity index (χ0) is 19.8. The number of amides is 1. The first-order chi connectivity index (χ1) is 13.7. The highest BCUT2D eigenvalue weighted by molar-refractivity contribution is 6.04. The van der Waals surface area contributed by atoms with Crippen LogP contribution in [0.4, 0.5) is 11.4 Å². The fourth-order valence-electron chi connectivity index (χ4n) is 2.87. The number of nitrogens with one attached hydrogen (secondary N) is 2. The van der Waals surface area contributed by atoms with Crippen LogP contribution in [0.1, 0.15) is 15.9 Å². The van der Waals surface area contributed by atoms with Crippen LogP contribution in [0.15, 0.2) is 72.8 Å². The molecule has 3 aromatic rings. The monoisotopic (exact) mass is 376 g/mol. The van der Waals surface area contributed by atoms with Crippen molar-refractivity contribution in [3.63, 3.8) is 0 Å². The van der Waals surface area contributed by atoms with Gasteiger partial charge >= 0.3 is 0 Å². The van der Waals surface area contributed by atoms with Gasteiger partial charge in [-0.25, -0.2) is 0 Å². The second-order valence-corrected chi connectivity index (χ2v) is 6.25. The average Bonchev–Trinajstić information content (AvgIpc) is 2.75. The molecule has 0 radical (unpaired) electrons. The van der Waals surface area contributed by atoms with Crippen molar-refractivity contribution in [1.29, 1.82) is 0 Å². The summed E-state index contributed by atoms with van der Waals surface area (Å²) in [6, 6.07) is 22.7. The first-order valence-electron chi connectivity index (χ1n) is 9.11. The zero-order valence-electron chi connectivity index (χ0n) is 16.1. The number of carbonyl (C=O) groups excluding carboxylic acids is 1. The molecule has 1 amide bonds. The van der Waals surface area contributed by atoms with Gasteiger partial charge in [-0.1, -0.05) is 18.2 Å². The molecule has 0 atom stereocenters. The fourth-order valence-corrected chi connectivity index (χ4v) is 2.87. The molecule has 0 saturated carbocycles. The van der Waals surface area contributed by atoms with Crippen LogP contribution in [0.5, 0.6) is 11.5 Å². The molecule has 0 aromatic heterocycles. The third kappa shape index (κ3) is 5.04. The Labute approximate surface area is 165 Å². The zero-order valence-corrected chi connectivity index (χ0v) is 16.1. The molecule has 0 spiro atoms. The quantitative estimate of drug-likeness (QED) is 0.603. The van der Waals surface area contributed by atoms with E-state index in [1.54, 1.807) is 38.5 Å². The maximum Gasteiger partial charge on any atom is 0.255 e. The average molecular weight is 376 g/mol. The van der Waals surface area contributed by atoms with E-state index in [9.17, 15) is 4.79 Å². The molecule has 28 heavy (non-hydrogen) atoms. The molecule has 5 heteroatoms. The normalized spacial score (nSPS) is 10.2. The number of methoxy groups -OCH3 is 2. The van der Waals surface area contributed by atoms with E-state index in [4.69, 9.17) is 9.47 Å². The second kappa shape index (κ2) is 9.46. The Morgan fingerprint density at radius 2 is 1.50 bits per heavy atom. The van der Waals surface area contributed by atoms with Gasteiger partial charge in [0.1, 0.15) is 11.5 Å². The standard InChI is InChI=1S/C23H24N2O3/c1-27-21-13-7-18(8-14-21)23(26)25-20-11-9-19(10-12-20)24-16-15-17-5-3-4-6-22(17)28-2/h3-14,24H,15-16H2,1-2H3,(H,25,26). The molecule has 144 valence electrons. The molecular formula is C23H24N2O3. The van der Waals surface area contributed by atoms with Gasteiger partial charge in [-0.2, -0.15) is 0 Å². The lowest BCUT2D eigenvalue weighted by Gasteiger charge is -2.11. The number of hydrogen-bond donors (Lipinski definition) is 2. The minimum atomic E-state index is -0.153. The summed E-state index contributed by atoms with van der Waals surface area (Å²) in [4.78, 5) is 12.3. The number of rotatable bonds is 8. The summed E-state index contributed by atoms with van der Waals surface area (Å²) in [6.45, 7) is 0.790. The Hall–Kier alpha value is -3.47. The molecule has 3 rings (SSSR count). The number of hydrogen-bond acceptors (Lipinski definition) is 4. The van der Waals surface area contributed by atoms with Crippen LogP contribution in [0.25, 0.3) is 0 Å². The minimum absolute atomic E-state index is 0.153. The molecule has 0 unspecified atom stereocenters. The van der Waals surface area contributed by atoms with Crippen LogP contribution >= 0.6 is 0 Å². The summed E-state index contributed by atoms with van der Waals surface area (Å²) in [5.41, 5.74) is 3.49. The second-order valence-electron chi connectivity index (χ2n) is 6.25. The van der Waals surface area contributed by atoms with Gasteiger partial charge in [-0.05, 0) is 66.6 Å². The summed E-state index contributed by atoms with van der Waals surface area (Å²) in [5.74, 6) is 1.47. The van der Waals surface area contributed by atoms with E-state index >= 15 is 0 Å². The number of carbonyl (C=O) groups is 1. The van der Waals surface area contributed by atoms with Gasteiger partial charge in [0.25, 0.3) is 5.91 Å². The smallest absolute Gasteiger partial charge is 0.255 e. The number of ether oxygens (including phenoxy) is 2. The van der Waals surface area contributed by atoms with Crippen LogP contribution < -0.4 is 20.1 Å². The van der Waals surface area contributed by atoms with Crippen LogP contribution in [0.3, 0.4) is 0 Å². The predicted octanol–water partition coefficient (Wildman–Crippen LogP) is 4.61. The lowest BCUT2D eigenvalue weighted by atomic mass is 10.1. The van der Waals surface area contributed by atoms with Gasteiger partial charge < -0.3 is 20.1 Å². The topological polar surface area (TPSA) is 59.6 Å². The molecule has 5 nitrogen and oxygen atoms in total. The maximum atomic E-state index is 12.3. The van der Waals surface area contributed by atoms with Gasteiger partial charge in [-0.3, -0.25) is 4.79 Å². The third-order valence-electron chi connectivity index (χ3n) is 4.41. The minimum Gasteiger partial charge on any atom is -0.497 e. The van der Waals surface area contributed by atoms with Crippen molar-refractivity contribution in [1.82, 2.24) is 0 Å². The van der Waals surface area contributed by atoms with Crippen molar-refractivity contribution in [3.05, 3.63) is 83.9 Å². The Morgan fingerprint density at radius 1 is 0.821 bits per heavy atom. The van der Waals surface area contributed by atoms with Crippen molar-refractivity contribution in [2.75, 3.05) is 31.4 Å². The van der Waals surface area contributed by atoms with Crippen molar-refractivity contribution in [3.8, 4) is 11.5 Å². The molecular weight excluding hydrogens is 352 g/mol. The highest BCUT2D eigenvalue weighted by Gasteiger charge is 2.06. The molecule has 0 saturated heterocycles. The van der Waals surface area contributed by atoms with Crippen LogP contribution in [0, 0.1) is 0 Å². The molecule has 0 aliphatic rings. The maximum absolute atomic E-state index is 12.3. The summed E-state index contributed by atoms with van der Waals surface area (Å²) in [5, 5.41) is 6.28. The summed E-state index contributed by atoms with van der Waals surface area (Å²) in [6.07, 6.45) is 0.861. The lowest BCUT2D eigenvalue weighted by molar-refractivity contribution is 0.102. The molecule has 2 N–H and O–H groups in total. The van der Waals surface area contributed by atoms with Crippen molar-refractivity contribution >= 4 is 17.3 Å². The van der Waals surface area contributed by atoms with Crippen LogP contribution in [0.2, 0.25) is 0 Å². The first kappa shape index (κ1) is 19.3. The molecule has 0 aliphatic heterocycles. The number of benzene rings is 3. The number of para-hydroxylation sites is 1. The van der Waals surface area contributed by atoms with Gasteiger partial charge in [0.15, 0.2) is 0 Å². The van der Waals surface area contributed by atoms with E-state index < -0.39 is 0 Å². The highest BCUT2D eigenvalue weighted by Crippen LogP contribution is 2.19. The van der Waals surface area contributed by atoms with E-state index in [2.05, 4.69) is 16.7 Å². The first-order valence-corrected chi connectivity index (χ1v) is 9.11. The Kier molecular flexibility index (Phi) is 6.52. The summed E-state index contributed by atoms with van der Waals surface area (Å²) in [7, 11) is 3.28. The van der Waals surface area contributed by atoms with Gasteiger partial charge in [0, 0.05) is 23.5 Å². The summed E-state index contributed by atoms with van der Waals surface area (Å²) < 4.78 is 10.5. The Balaban J connectivity index is 1.52. The van der Waals surface area contributed by atoms with E-state index in [0.29, 0.717) is 5.56 Å². The third-order valence-corrected chi connectivity index (χ3v) is 4.41. The van der Waals surface area contributed by atoms with E-state index in [0.717, 1.165) is 35.8 Å². The molecule has 3 aromatic carbocycles. The molecule has 0 heterocycles. The Bertz CT molecular complexity index is 906. The Morgan fingerprint density at radius 3 is 2.18 bits per heavy atom. The van der Waals surface area contributed by atoms with Crippen molar-refractivity contribution in [2.24, 2.45) is 0 Å². The summed E-state index contributed by atoms with van der Waals surface area (Å²) >= 11 is 0. The largest absolute Gasteiger partial charge is 0.497 e. The lowest BCUT2D eigenvalue weighted by Crippen LogP contribution is -2.12.